The van der Waals surface area contributed by atoms with Crippen molar-refractivity contribution in [2.75, 3.05) is 5.32 Å². The molecular weight excluding hydrogens is 266 g/mol. The Kier molecular flexibility index (Phi) is 4.61. The maximum Gasteiger partial charge on any atom is 0.224 e. The van der Waals surface area contributed by atoms with E-state index in [1.165, 1.54) is 0 Å². The highest BCUT2D eigenvalue weighted by Gasteiger charge is 2.08. The molecule has 21 heavy (non-hydrogen) atoms. The first-order chi connectivity index (χ1) is 10.1. The molecule has 2 rings (SSSR count). The third-order valence-electron chi connectivity index (χ3n) is 3.09. The van der Waals surface area contributed by atoms with Gasteiger partial charge in [-0.3, -0.25) is 4.79 Å². The summed E-state index contributed by atoms with van der Waals surface area (Å²) in [5, 5.41) is 21.4. The van der Waals surface area contributed by atoms with Crippen molar-refractivity contribution in [2.45, 2.75) is 12.8 Å². The Hall–Kier alpha value is -2.75. The first-order valence-corrected chi connectivity index (χ1v) is 6.61. The summed E-state index contributed by atoms with van der Waals surface area (Å²) in [7, 11) is 0. The van der Waals surface area contributed by atoms with Gasteiger partial charge in [0.25, 0.3) is 0 Å². The van der Waals surface area contributed by atoms with Gasteiger partial charge in [-0.15, -0.1) is 0 Å². The minimum atomic E-state index is -0.142. The molecule has 0 fully saturated rings. The van der Waals surface area contributed by atoms with Gasteiger partial charge in [-0.25, -0.2) is 0 Å². The van der Waals surface area contributed by atoms with Crippen molar-refractivity contribution in [3.63, 3.8) is 0 Å². The second-order valence-corrected chi connectivity index (χ2v) is 4.71. The summed E-state index contributed by atoms with van der Waals surface area (Å²) in [6, 6.07) is 13.7. The fraction of sp³-hybridized carbons (Fsp3) is 0.118. The summed E-state index contributed by atoms with van der Waals surface area (Å²) in [6.07, 6.45) is 0.894. The van der Waals surface area contributed by atoms with Crippen molar-refractivity contribution in [1.29, 1.82) is 0 Å². The third kappa shape index (κ3) is 4.11. The lowest BCUT2D eigenvalue weighted by molar-refractivity contribution is -0.116. The van der Waals surface area contributed by atoms with Gasteiger partial charge in [0, 0.05) is 12.0 Å². The smallest absolute Gasteiger partial charge is 0.224 e. The molecule has 0 radical (unpaired) electrons. The maximum absolute atomic E-state index is 12.0. The zero-order valence-corrected chi connectivity index (χ0v) is 11.5. The predicted molar refractivity (Wildman–Crippen MR) is 83.2 cm³/mol. The number of aryl methyl sites for hydroxylation is 1. The Morgan fingerprint density at radius 1 is 1.10 bits per heavy atom. The molecule has 0 heterocycles. The van der Waals surface area contributed by atoms with Gasteiger partial charge in [0.15, 0.2) is 0 Å². The van der Waals surface area contributed by atoms with Crippen LogP contribution in [0.15, 0.2) is 55.1 Å². The Morgan fingerprint density at radius 3 is 2.43 bits per heavy atom. The first-order valence-electron chi connectivity index (χ1n) is 6.61. The molecule has 3 N–H and O–H groups in total. The monoisotopic (exact) mass is 283 g/mol. The molecule has 2 aromatic carbocycles. The van der Waals surface area contributed by atoms with Crippen molar-refractivity contribution in [2.24, 2.45) is 0 Å². The van der Waals surface area contributed by atoms with Gasteiger partial charge in [-0.05, 0) is 36.2 Å². The second kappa shape index (κ2) is 6.61. The molecule has 4 nitrogen and oxygen atoms in total. The van der Waals surface area contributed by atoms with Crippen molar-refractivity contribution < 1.29 is 15.0 Å². The van der Waals surface area contributed by atoms with Crippen LogP contribution in [0.5, 0.6) is 5.75 Å². The zero-order chi connectivity index (χ0) is 15.2. The lowest BCUT2D eigenvalue weighted by Crippen LogP contribution is -2.13. The van der Waals surface area contributed by atoms with E-state index in [4.69, 9.17) is 0 Å². The zero-order valence-electron chi connectivity index (χ0n) is 11.5. The largest absolute Gasteiger partial charge is 0.508 e. The van der Waals surface area contributed by atoms with Crippen LogP contribution in [-0.4, -0.2) is 16.1 Å². The van der Waals surface area contributed by atoms with E-state index >= 15 is 0 Å². The summed E-state index contributed by atoms with van der Waals surface area (Å²) in [4.78, 5) is 12.0. The number of nitrogens with one attached hydrogen (secondary N) is 1. The van der Waals surface area contributed by atoms with E-state index in [1.807, 2.05) is 0 Å². The van der Waals surface area contributed by atoms with Crippen LogP contribution in [0.3, 0.4) is 0 Å². The molecular formula is C17H17NO3. The van der Waals surface area contributed by atoms with E-state index in [-0.39, 0.29) is 17.4 Å². The molecule has 108 valence electrons. The summed E-state index contributed by atoms with van der Waals surface area (Å²) < 4.78 is 0. The van der Waals surface area contributed by atoms with Crippen molar-refractivity contribution in [3.8, 4) is 5.75 Å². The molecule has 0 bridgehead atoms. The minimum absolute atomic E-state index is 0.0792. The van der Waals surface area contributed by atoms with Crippen molar-refractivity contribution in [3.05, 3.63) is 66.2 Å². The van der Waals surface area contributed by atoms with Crippen LogP contribution in [-0.2, 0) is 11.2 Å². The highest BCUT2D eigenvalue weighted by atomic mass is 16.3. The SMILES string of the molecule is C=C(O)c1ccccc1NC(=O)CCc1ccc(O)cc1. The van der Waals surface area contributed by atoms with E-state index in [9.17, 15) is 15.0 Å². The normalized spacial score (nSPS) is 10.1. The number of carbonyl (C=O) groups excluding carboxylic acids is 1. The van der Waals surface area contributed by atoms with E-state index in [0.29, 0.717) is 24.1 Å². The molecule has 1 amide bonds. The lowest BCUT2D eigenvalue weighted by atomic mass is 10.1. The average Bonchev–Trinajstić information content (AvgIpc) is 2.47. The van der Waals surface area contributed by atoms with E-state index in [2.05, 4.69) is 11.9 Å². The molecule has 0 saturated heterocycles. The number of hydrogen-bond acceptors (Lipinski definition) is 3. The van der Waals surface area contributed by atoms with Crippen LogP contribution < -0.4 is 5.32 Å². The van der Waals surface area contributed by atoms with Crippen LogP contribution in [0.25, 0.3) is 5.76 Å². The molecule has 0 aliphatic rings. The first kappa shape index (κ1) is 14.7. The fourth-order valence-corrected chi connectivity index (χ4v) is 1.98. The standard InChI is InChI=1S/C17H17NO3/c1-12(19)15-4-2-3-5-16(15)18-17(21)11-8-13-6-9-14(20)10-7-13/h2-7,9-10,19-20H,1,8,11H2,(H,18,21). The predicted octanol–water partition coefficient (Wildman–Crippen LogP) is 3.49. The highest BCUT2D eigenvalue weighted by Crippen LogP contribution is 2.21. The Labute approximate surface area is 123 Å². The number of hydrogen-bond donors (Lipinski definition) is 3. The van der Waals surface area contributed by atoms with Crippen molar-refractivity contribution in [1.82, 2.24) is 0 Å². The highest BCUT2D eigenvalue weighted by molar-refractivity contribution is 5.93. The van der Waals surface area contributed by atoms with Gasteiger partial charge in [-0.1, -0.05) is 30.8 Å². The van der Waals surface area contributed by atoms with E-state index < -0.39 is 0 Å². The van der Waals surface area contributed by atoms with Crippen molar-refractivity contribution >= 4 is 17.4 Å². The number of aliphatic hydroxyl groups excluding tert-OH is 1. The lowest BCUT2D eigenvalue weighted by Gasteiger charge is -2.10. The number of carbonyl (C=O) groups is 1. The average molecular weight is 283 g/mol. The quantitative estimate of drug-likeness (QED) is 0.736. The van der Waals surface area contributed by atoms with Crippen LogP contribution in [0.1, 0.15) is 17.5 Å². The topological polar surface area (TPSA) is 69.6 Å². The fourth-order valence-electron chi connectivity index (χ4n) is 1.98. The summed E-state index contributed by atoms with van der Waals surface area (Å²) in [5.74, 6) is -0.0141. The third-order valence-corrected chi connectivity index (χ3v) is 3.09. The Bertz CT molecular complexity index is 647. The molecule has 0 aliphatic carbocycles. The summed E-state index contributed by atoms with van der Waals surface area (Å²) in [6.45, 7) is 3.48. The molecule has 0 unspecified atom stereocenters. The minimum Gasteiger partial charge on any atom is -0.508 e. The number of rotatable bonds is 5. The number of phenolic OH excluding ortho intramolecular Hbond substituents is 1. The molecule has 0 saturated carbocycles. The maximum atomic E-state index is 12.0. The van der Waals surface area contributed by atoms with Crippen LogP contribution >= 0.6 is 0 Å². The molecule has 4 heteroatoms. The summed E-state index contributed by atoms with van der Waals surface area (Å²) in [5.41, 5.74) is 2.03. The number of para-hydroxylation sites is 1. The number of anilines is 1. The molecule has 2 aromatic rings. The molecule has 0 spiro atoms. The van der Waals surface area contributed by atoms with E-state index in [1.54, 1.807) is 48.5 Å². The number of aliphatic hydroxyl groups is 1. The number of aromatic hydroxyl groups is 1. The van der Waals surface area contributed by atoms with Crippen LogP contribution in [0, 0.1) is 0 Å². The van der Waals surface area contributed by atoms with Gasteiger partial charge < -0.3 is 15.5 Å². The van der Waals surface area contributed by atoms with Gasteiger partial charge in [0.2, 0.25) is 5.91 Å². The molecule has 0 atom stereocenters. The van der Waals surface area contributed by atoms with Crippen LogP contribution in [0.2, 0.25) is 0 Å². The summed E-state index contributed by atoms with van der Waals surface area (Å²) >= 11 is 0. The Balaban J connectivity index is 1.96. The van der Waals surface area contributed by atoms with Gasteiger partial charge in [-0.2, -0.15) is 0 Å². The number of amides is 1. The number of benzene rings is 2. The molecule has 0 aromatic heterocycles. The number of phenols is 1. The van der Waals surface area contributed by atoms with Gasteiger partial charge in [0.1, 0.15) is 11.5 Å². The van der Waals surface area contributed by atoms with Gasteiger partial charge in [0.05, 0.1) is 5.69 Å². The van der Waals surface area contributed by atoms with E-state index in [0.717, 1.165) is 5.56 Å². The van der Waals surface area contributed by atoms with Crippen LogP contribution in [0.4, 0.5) is 5.69 Å². The Morgan fingerprint density at radius 2 is 1.76 bits per heavy atom. The van der Waals surface area contributed by atoms with Gasteiger partial charge >= 0.3 is 0 Å². The second-order valence-electron chi connectivity index (χ2n) is 4.71. The molecule has 0 aliphatic heterocycles.